The van der Waals surface area contributed by atoms with Crippen LogP contribution in [0.4, 0.5) is 20.3 Å². The van der Waals surface area contributed by atoms with E-state index in [1.165, 1.54) is 12.1 Å². The number of nitrogens with one attached hydrogen (secondary N) is 2. The average Bonchev–Trinajstić information content (AvgIpc) is 2.95. The quantitative estimate of drug-likeness (QED) is 0.744. The van der Waals surface area contributed by atoms with Crippen LogP contribution >= 0.6 is 0 Å². The van der Waals surface area contributed by atoms with E-state index in [0.717, 1.165) is 6.92 Å². The van der Waals surface area contributed by atoms with E-state index in [-0.39, 0.29) is 5.56 Å². The van der Waals surface area contributed by atoms with Gasteiger partial charge in [-0.05, 0) is 24.3 Å². The molecule has 0 atom stereocenters. The molecule has 2 aliphatic rings. The lowest BCUT2D eigenvalue weighted by Crippen LogP contribution is -2.36. The van der Waals surface area contributed by atoms with E-state index in [1.807, 2.05) is 17.2 Å². The van der Waals surface area contributed by atoms with E-state index < -0.39 is 5.92 Å². The molecule has 0 amide bonds. The normalized spacial score (nSPS) is 15.6. The Kier molecular flexibility index (Phi) is 5.37. The minimum Gasteiger partial charge on any atom is -0.347 e. The highest BCUT2D eigenvalue weighted by Crippen LogP contribution is 2.35. The minimum atomic E-state index is -2.93. The lowest BCUT2D eigenvalue weighted by Gasteiger charge is -2.27. The summed E-state index contributed by atoms with van der Waals surface area (Å²) in [6.45, 7) is 9.41. The highest BCUT2D eigenvalue weighted by Gasteiger charge is 2.25. The third-order valence-electron chi connectivity index (χ3n) is 4.83. The molecule has 0 unspecified atom stereocenters. The van der Waals surface area contributed by atoms with Crippen molar-refractivity contribution in [1.29, 1.82) is 0 Å². The van der Waals surface area contributed by atoms with Crippen LogP contribution in [0.15, 0.2) is 83.5 Å². The number of rotatable bonds is 4. The maximum absolute atomic E-state index is 13.8. The Morgan fingerprint density at radius 2 is 2.10 bits per heavy atom. The molecule has 0 aliphatic carbocycles. The number of pyridine rings is 1. The van der Waals surface area contributed by atoms with Crippen molar-refractivity contribution in [3.8, 4) is 11.3 Å². The summed E-state index contributed by atoms with van der Waals surface area (Å²) in [6.07, 6.45) is 6.03. The van der Waals surface area contributed by atoms with Crippen LogP contribution in [0.2, 0.25) is 0 Å². The summed E-state index contributed by atoms with van der Waals surface area (Å²) in [6, 6.07) is 9.87. The van der Waals surface area contributed by atoms with E-state index in [4.69, 9.17) is 4.98 Å². The molecule has 1 aromatic carbocycles. The van der Waals surface area contributed by atoms with Crippen LogP contribution < -0.4 is 15.5 Å². The lowest BCUT2D eigenvalue weighted by molar-refractivity contribution is 0.0175. The fourth-order valence-corrected chi connectivity index (χ4v) is 3.29. The Hall–Kier alpha value is -3.81. The van der Waals surface area contributed by atoms with Crippen molar-refractivity contribution in [1.82, 2.24) is 15.6 Å². The van der Waals surface area contributed by atoms with Gasteiger partial charge in [-0.1, -0.05) is 31.4 Å². The summed E-state index contributed by atoms with van der Waals surface area (Å²) in [7, 11) is 0. The molecular formula is C23H22F2N6. The van der Waals surface area contributed by atoms with Gasteiger partial charge in [-0.25, -0.2) is 18.8 Å². The van der Waals surface area contributed by atoms with Crippen molar-refractivity contribution in [2.45, 2.75) is 19.3 Å². The third-order valence-corrected chi connectivity index (χ3v) is 4.83. The van der Waals surface area contributed by atoms with Gasteiger partial charge in [-0.3, -0.25) is 4.99 Å². The highest BCUT2D eigenvalue weighted by atomic mass is 19.3. The zero-order valence-corrected chi connectivity index (χ0v) is 17.1. The van der Waals surface area contributed by atoms with Crippen molar-refractivity contribution in [2.24, 2.45) is 9.98 Å². The molecule has 0 fully saturated rings. The van der Waals surface area contributed by atoms with E-state index in [1.54, 1.807) is 30.5 Å². The second-order valence-electron chi connectivity index (χ2n) is 7.25. The van der Waals surface area contributed by atoms with Gasteiger partial charge in [0.05, 0.1) is 5.69 Å². The monoisotopic (exact) mass is 420 g/mol. The summed E-state index contributed by atoms with van der Waals surface area (Å²) in [5.41, 5.74) is 1.80. The zero-order chi connectivity index (χ0) is 22.0. The summed E-state index contributed by atoms with van der Waals surface area (Å²) in [5, 5.41) is 6.07. The Morgan fingerprint density at radius 1 is 1.26 bits per heavy atom. The van der Waals surface area contributed by atoms with Crippen molar-refractivity contribution in [3.05, 3.63) is 79.0 Å². The molecule has 0 saturated heterocycles. The maximum atomic E-state index is 13.8. The van der Waals surface area contributed by atoms with Gasteiger partial charge in [0, 0.05) is 43.4 Å². The number of nitrogens with zero attached hydrogens (tertiary/aromatic N) is 4. The zero-order valence-electron chi connectivity index (χ0n) is 17.1. The number of alkyl halides is 2. The molecule has 1 aromatic heterocycles. The molecule has 0 radical (unpaired) electrons. The van der Waals surface area contributed by atoms with E-state index >= 15 is 0 Å². The average molecular weight is 420 g/mol. The molecule has 2 aromatic rings. The molecule has 2 N–H and O–H groups in total. The van der Waals surface area contributed by atoms with E-state index in [9.17, 15) is 8.78 Å². The first-order chi connectivity index (χ1) is 14.8. The number of aromatic nitrogens is 1. The standard InChI is InChI=1S/C23H22F2N6/c1-15-26-12-10-21(28-15)29-16(2)31-13-5-11-27-20-9-8-19(30-22(20)31)17-6-4-7-18(14-17)23(3,24)25/h4,6-12,14,26H,1-2,5,13H2,3H3,(H,28,29). The van der Waals surface area contributed by atoms with Gasteiger partial charge in [-0.2, -0.15) is 0 Å². The van der Waals surface area contributed by atoms with Gasteiger partial charge in [0.2, 0.25) is 0 Å². The SMILES string of the molecule is C=C1N=C(NC(=C)N2CCC=Nc3ccc(-c4cccc(C(C)(F)F)c4)nc32)C=CN1. The molecule has 0 spiro atoms. The van der Waals surface area contributed by atoms with Gasteiger partial charge < -0.3 is 15.5 Å². The Bertz CT molecular complexity index is 1130. The van der Waals surface area contributed by atoms with Crippen LogP contribution in [-0.2, 0) is 5.92 Å². The van der Waals surface area contributed by atoms with Crippen LogP contribution in [0, 0.1) is 0 Å². The van der Waals surface area contributed by atoms with Crippen molar-refractivity contribution >= 4 is 23.6 Å². The molecule has 31 heavy (non-hydrogen) atoms. The Labute approximate surface area is 179 Å². The second-order valence-corrected chi connectivity index (χ2v) is 7.25. The van der Waals surface area contributed by atoms with Gasteiger partial charge in [-0.15, -0.1) is 0 Å². The number of hydrogen-bond acceptors (Lipinski definition) is 6. The molecule has 0 bridgehead atoms. The van der Waals surface area contributed by atoms with Crippen molar-refractivity contribution in [2.75, 3.05) is 11.4 Å². The molecular weight excluding hydrogens is 398 g/mol. The van der Waals surface area contributed by atoms with E-state index in [0.29, 0.717) is 53.2 Å². The molecule has 3 heterocycles. The number of amidine groups is 1. The Balaban J connectivity index is 1.68. The van der Waals surface area contributed by atoms with Crippen LogP contribution in [-0.4, -0.2) is 23.6 Å². The third kappa shape index (κ3) is 4.53. The van der Waals surface area contributed by atoms with E-state index in [2.05, 4.69) is 33.8 Å². The topological polar surface area (TPSA) is 64.9 Å². The van der Waals surface area contributed by atoms with Crippen molar-refractivity contribution in [3.63, 3.8) is 0 Å². The number of fused-ring (bicyclic) bond motifs is 1. The first-order valence-electron chi connectivity index (χ1n) is 9.78. The summed E-state index contributed by atoms with van der Waals surface area (Å²) in [5.74, 6) is -0.651. The van der Waals surface area contributed by atoms with Crippen molar-refractivity contribution < 1.29 is 8.78 Å². The highest BCUT2D eigenvalue weighted by molar-refractivity contribution is 5.96. The predicted octanol–water partition coefficient (Wildman–Crippen LogP) is 4.82. The molecule has 158 valence electrons. The smallest absolute Gasteiger partial charge is 0.270 e. The van der Waals surface area contributed by atoms with Gasteiger partial charge in [0.1, 0.15) is 23.2 Å². The predicted molar refractivity (Wildman–Crippen MR) is 120 cm³/mol. The van der Waals surface area contributed by atoms with Crippen LogP contribution in [0.25, 0.3) is 11.3 Å². The second kappa shape index (κ2) is 8.14. The van der Waals surface area contributed by atoms with Gasteiger partial charge in [0.15, 0.2) is 5.82 Å². The Morgan fingerprint density at radius 3 is 2.87 bits per heavy atom. The van der Waals surface area contributed by atoms with Crippen LogP contribution in [0.5, 0.6) is 0 Å². The minimum absolute atomic E-state index is 0.0568. The molecule has 6 nitrogen and oxygen atoms in total. The summed E-state index contributed by atoms with van der Waals surface area (Å²) >= 11 is 0. The first-order valence-corrected chi connectivity index (χ1v) is 9.78. The fraction of sp³-hybridized carbons (Fsp3) is 0.174. The first kappa shape index (κ1) is 20.5. The number of halogens is 2. The number of anilines is 1. The summed E-state index contributed by atoms with van der Waals surface area (Å²) in [4.78, 5) is 15.4. The molecule has 0 saturated carbocycles. The number of hydrogen-bond donors (Lipinski definition) is 2. The lowest BCUT2D eigenvalue weighted by atomic mass is 10.0. The fourth-order valence-electron chi connectivity index (χ4n) is 3.29. The number of benzene rings is 1. The molecule has 4 rings (SSSR count). The molecule has 2 aliphatic heterocycles. The number of aliphatic imine (C=N–C) groups is 2. The molecule has 8 heteroatoms. The van der Waals surface area contributed by atoms with Crippen LogP contribution in [0.1, 0.15) is 18.9 Å². The van der Waals surface area contributed by atoms with Gasteiger partial charge in [0.25, 0.3) is 5.92 Å². The maximum Gasteiger partial charge on any atom is 0.270 e. The summed E-state index contributed by atoms with van der Waals surface area (Å²) < 4.78 is 27.6. The van der Waals surface area contributed by atoms with Gasteiger partial charge >= 0.3 is 0 Å². The van der Waals surface area contributed by atoms with Crippen LogP contribution in [0.3, 0.4) is 0 Å². The largest absolute Gasteiger partial charge is 0.347 e.